The Bertz CT molecular complexity index is 1730. The molecule has 5 nitrogen and oxygen atoms in total. The number of hydrogen-bond acceptors (Lipinski definition) is 5. The van der Waals surface area contributed by atoms with Crippen LogP contribution in [0.2, 0.25) is 0 Å². The third kappa shape index (κ3) is 4.97. The van der Waals surface area contributed by atoms with E-state index >= 15 is 0 Å². The lowest BCUT2D eigenvalue weighted by molar-refractivity contribution is -0.137. The van der Waals surface area contributed by atoms with Gasteiger partial charge >= 0.3 is 5.97 Å². The number of ether oxygens (including phenoxy) is 2. The van der Waals surface area contributed by atoms with E-state index in [9.17, 15) is 9.59 Å². The van der Waals surface area contributed by atoms with Crippen LogP contribution < -0.4 is 9.64 Å². The van der Waals surface area contributed by atoms with E-state index < -0.39 is 5.97 Å². The Morgan fingerprint density at radius 2 is 1.17 bits per heavy atom. The molecule has 1 aliphatic carbocycles. The summed E-state index contributed by atoms with van der Waals surface area (Å²) in [5.41, 5.74) is 7.83. The number of hydrogen-bond donors (Lipinski definition) is 0. The maximum atomic E-state index is 13.3. The Balaban J connectivity index is 1.34. The second-order valence-corrected chi connectivity index (χ2v) is 9.84. The highest BCUT2D eigenvalue weighted by molar-refractivity contribution is 6.35. The number of methoxy groups -OCH3 is 1. The Labute approximate surface area is 245 Å². The third-order valence-electron chi connectivity index (χ3n) is 7.36. The quantitative estimate of drug-likeness (QED) is 0.143. The van der Waals surface area contributed by atoms with Crippen molar-refractivity contribution >= 4 is 34.4 Å². The molecule has 42 heavy (non-hydrogen) atoms. The normalized spacial score (nSPS) is 12.2. The molecule has 0 radical (unpaired) electrons. The van der Waals surface area contributed by atoms with Crippen LogP contribution in [0, 0.1) is 0 Å². The lowest BCUT2D eigenvalue weighted by Crippen LogP contribution is -2.14. The SMILES string of the molecule is CCOC(=O)C1=C(c2ccc(-c3ccc(N(c4ccccc4)c4ccccc4)cc3)cc2)c2ccc(OC)cc2C1=O. The molecule has 0 atom stereocenters. The molecule has 0 spiro atoms. The average molecular weight is 552 g/mol. The van der Waals surface area contributed by atoms with Crippen LogP contribution >= 0.6 is 0 Å². The van der Waals surface area contributed by atoms with Crippen LogP contribution in [0.3, 0.4) is 0 Å². The molecule has 0 saturated carbocycles. The van der Waals surface area contributed by atoms with E-state index in [4.69, 9.17) is 9.47 Å². The summed E-state index contributed by atoms with van der Waals surface area (Å²) in [4.78, 5) is 28.5. The standard InChI is InChI=1S/C37H29NO4/c1-3-42-37(40)35-34(32-23-22-31(41-2)24-33(32)36(35)39)27-16-14-25(15-17-27)26-18-20-30(21-19-26)38(28-10-6-4-7-11-28)29-12-8-5-9-13-29/h4-24H,3H2,1-2H3. The summed E-state index contributed by atoms with van der Waals surface area (Å²) in [6, 6.07) is 42.2. The van der Waals surface area contributed by atoms with Crippen LogP contribution in [-0.4, -0.2) is 25.5 Å². The largest absolute Gasteiger partial charge is 0.497 e. The molecule has 6 rings (SSSR count). The molecule has 0 aromatic heterocycles. The summed E-state index contributed by atoms with van der Waals surface area (Å²) < 4.78 is 10.6. The number of benzene rings is 5. The van der Waals surface area contributed by atoms with Crippen LogP contribution in [-0.2, 0) is 9.53 Å². The van der Waals surface area contributed by atoms with Crippen LogP contribution in [0.15, 0.2) is 133 Å². The van der Waals surface area contributed by atoms with Crippen LogP contribution in [0.1, 0.15) is 28.4 Å². The first-order valence-corrected chi connectivity index (χ1v) is 13.8. The van der Waals surface area contributed by atoms with Gasteiger partial charge in [-0.1, -0.05) is 72.8 Å². The van der Waals surface area contributed by atoms with E-state index in [0.29, 0.717) is 22.4 Å². The number of Topliss-reactive ketones (excluding diaryl/α,β-unsaturated/α-hetero) is 1. The molecule has 0 saturated heterocycles. The molecular weight excluding hydrogens is 522 g/mol. The minimum atomic E-state index is -0.617. The summed E-state index contributed by atoms with van der Waals surface area (Å²) in [5.74, 6) is -0.407. The minimum Gasteiger partial charge on any atom is -0.497 e. The Morgan fingerprint density at radius 1 is 0.643 bits per heavy atom. The number of esters is 1. The van der Waals surface area contributed by atoms with Gasteiger partial charge in [0.05, 0.1) is 13.7 Å². The van der Waals surface area contributed by atoms with E-state index in [0.717, 1.165) is 33.8 Å². The van der Waals surface area contributed by atoms with Gasteiger partial charge in [-0.15, -0.1) is 0 Å². The zero-order chi connectivity index (χ0) is 29.1. The molecular formula is C37H29NO4. The highest BCUT2D eigenvalue weighted by Crippen LogP contribution is 2.40. The molecule has 0 bridgehead atoms. The fraction of sp³-hybridized carbons (Fsp3) is 0.0811. The second kappa shape index (κ2) is 11.6. The van der Waals surface area contributed by atoms with Crippen molar-refractivity contribution in [1.29, 1.82) is 0 Å². The van der Waals surface area contributed by atoms with Crippen molar-refractivity contribution < 1.29 is 19.1 Å². The number of para-hydroxylation sites is 2. The number of ketones is 1. The lowest BCUT2D eigenvalue weighted by Gasteiger charge is -2.25. The number of rotatable bonds is 8. The molecule has 0 heterocycles. The van der Waals surface area contributed by atoms with Gasteiger partial charge in [-0.25, -0.2) is 4.79 Å². The summed E-state index contributed by atoms with van der Waals surface area (Å²) >= 11 is 0. The van der Waals surface area contributed by atoms with Crippen molar-refractivity contribution in [3.8, 4) is 16.9 Å². The van der Waals surface area contributed by atoms with Gasteiger partial charge in [-0.2, -0.15) is 0 Å². The summed E-state index contributed by atoms with van der Waals surface area (Å²) in [6.45, 7) is 1.91. The van der Waals surface area contributed by atoms with Crippen molar-refractivity contribution in [2.45, 2.75) is 6.92 Å². The van der Waals surface area contributed by atoms with Crippen molar-refractivity contribution in [3.63, 3.8) is 0 Å². The average Bonchev–Trinajstić information content (AvgIpc) is 3.34. The van der Waals surface area contributed by atoms with E-state index in [1.54, 1.807) is 26.2 Å². The van der Waals surface area contributed by atoms with Crippen molar-refractivity contribution in [1.82, 2.24) is 0 Å². The second-order valence-electron chi connectivity index (χ2n) is 9.84. The van der Waals surface area contributed by atoms with E-state index in [1.165, 1.54) is 0 Å². The maximum absolute atomic E-state index is 13.3. The number of fused-ring (bicyclic) bond motifs is 1. The first-order chi connectivity index (χ1) is 20.6. The zero-order valence-electron chi connectivity index (χ0n) is 23.4. The van der Waals surface area contributed by atoms with Gasteiger partial charge in [-0.3, -0.25) is 4.79 Å². The molecule has 1 aliphatic rings. The Kier molecular flexibility index (Phi) is 7.39. The first-order valence-electron chi connectivity index (χ1n) is 13.8. The monoisotopic (exact) mass is 551 g/mol. The number of anilines is 3. The van der Waals surface area contributed by atoms with Crippen LogP contribution in [0.5, 0.6) is 5.75 Å². The van der Waals surface area contributed by atoms with Crippen molar-refractivity contribution in [3.05, 3.63) is 150 Å². The molecule has 206 valence electrons. The van der Waals surface area contributed by atoms with Gasteiger partial charge in [-0.05, 0) is 83.8 Å². The first kappa shape index (κ1) is 26.8. The Morgan fingerprint density at radius 3 is 1.71 bits per heavy atom. The molecule has 0 N–H and O–H groups in total. The number of nitrogens with zero attached hydrogens (tertiary/aromatic N) is 1. The predicted octanol–water partition coefficient (Wildman–Crippen LogP) is 8.39. The van der Waals surface area contributed by atoms with Gasteiger partial charge in [0.1, 0.15) is 11.3 Å². The lowest BCUT2D eigenvalue weighted by atomic mass is 9.95. The molecule has 5 heteroatoms. The highest BCUT2D eigenvalue weighted by Gasteiger charge is 2.36. The zero-order valence-corrected chi connectivity index (χ0v) is 23.4. The molecule has 0 amide bonds. The minimum absolute atomic E-state index is 0.0547. The van der Waals surface area contributed by atoms with Gasteiger partial charge in [0.25, 0.3) is 0 Å². The molecule has 0 aliphatic heterocycles. The fourth-order valence-electron chi connectivity index (χ4n) is 5.37. The van der Waals surface area contributed by atoms with Gasteiger partial charge in [0.2, 0.25) is 5.78 Å². The number of carbonyl (C=O) groups is 2. The molecule has 5 aromatic rings. The van der Waals surface area contributed by atoms with Gasteiger partial charge < -0.3 is 14.4 Å². The topological polar surface area (TPSA) is 55.8 Å². The predicted molar refractivity (Wildman–Crippen MR) is 167 cm³/mol. The van der Waals surface area contributed by atoms with E-state index in [2.05, 4.69) is 53.4 Å². The maximum Gasteiger partial charge on any atom is 0.342 e. The third-order valence-corrected chi connectivity index (χ3v) is 7.36. The van der Waals surface area contributed by atoms with Crippen molar-refractivity contribution in [2.24, 2.45) is 0 Å². The molecule has 0 fully saturated rings. The summed E-state index contributed by atoms with van der Waals surface area (Å²) in [7, 11) is 1.55. The molecule has 5 aromatic carbocycles. The Hall–Kier alpha value is -5.42. The van der Waals surface area contributed by atoms with Gasteiger partial charge in [0.15, 0.2) is 0 Å². The van der Waals surface area contributed by atoms with E-state index in [-0.39, 0.29) is 18.0 Å². The van der Waals surface area contributed by atoms with E-state index in [1.807, 2.05) is 66.7 Å². The van der Waals surface area contributed by atoms with Crippen LogP contribution in [0.25, 0.3) is 16.7 Å². The van der Waals surface area contributed by atoms with Crippen LogP contribution in [0.4, 0.5) is 17.1 Å². The smallest absolute Gasteiger partial charge is 0.342 e. The summed E-state index contributed by atoms with van der Waals surface area (Å²) in [5, 5.41) is 0. The van der Waals surface area contributed by atoms with Crippen molar-refractivity contribution in [2.75, 3.05) is 18.6 Å². The fourth-order valence-corrected chi connectivity index (χ4v) is 5.37. The van der Waals surface area contributed by atoms with Gasteiger partial charge in [0, 0.05) is 28.2 Å². The highest BCUT2D eigenvalue weighted by atomic mass is 16.5. The number of carbonyl (C=O) groups excluding carboxylic acids is 2. The summed E-state index contributed by atoms with van der Waals surface area (Å²) in [6.07, 6.45) is 0. The molecule has 0 unspecified atom stereocenters.